The third-order valence-corrected chi connectivity index (χ3v) is 4.56. The Kier molecular flexibility index (Phi) is 5.45. The number of aromatic carboxylic acids is 1. The molecule has 3 rings (SSSR count). The molecule has 1 heterocycles. The van der Waals surface area contributed by atoms with E-state index in [0.717, 1.165) is 0 Å². The van der Waals surface area contributed by atoms with Crippen molar-refractivity contribution in [2.24, 2.45) is 0 Å². The molecular weight excluding hydrogens is 391 g/mol. The van der Waals surface area contributed by atoms with Crippen LogP contribution in [0.25, 0.3) is 0 Å². The zero-order valence-electron chi connectivity index (χ0n) is 13.8. The van der Waals surface area contributed by atoms with Gasteiger partial charge >= 0.3 is 12.3 Å². The average molecular weight is 406 g/mol. The molecular formula is C16H15ClF3N3O4. The molecule has 2 aromatic rings. The number of nitrogens with zero attached hydrogens (tertiary/aromatic N) is 2. The molecule has 1 aromatic carbocycles. The second kappa shape index (κ2) is 7.63. The molecule has 1 fully saturated rings. The first-order valence-corrected chi connectivity index (χ1v) is 8.47. The smallest absolute Gasteiger partial charge is 0.476 e. The lowest BCUT2D eigenvalue weighted by Gasteiger charge is -2.29. The summed E-state index contributed by atoms with van der Waals surface area (Å²) in [5.74, 6) is -1.79. The summed E-state index contributed by atoms with van der Waals surface area (Å²) in [5, 5.41) is 18.6. The Balaban J connectivity index is 1.68. The molecule has 0 bridgehead atoms. The Morgan fingerprint density at radius 1 is 1.26 bits per heavy atom. The summed E-state index contributed by atoms with van der Waals surface area (Å²) in [5.41, 5.74) is 0.152. The highest BCUT2D eigenvalue weighted by Gasteiger charge is 2.34. The number of benzene rings is 1. The molecule has 0 saturated heterocycles. The molecule has 1 aliphatic rings. The van der Waals surface area contributed by atoms with E-state index in [1.54, 1.807) is 0 Å². The summed E-state index contributed by atoms with van der Waals surface area (Å²) >= 11 is 5.94. The summed E-state index contributed by atoms with van der Waals surface area (Å²) in [7, 11) is 0. The van der Waals surface area contributed by atoms with Crippen LogP contribution in [-0.2, 0) is 0 Å². The van der Waals surface area contributed by atoms with E-state index in [9.17, 15) is 18.0 Å². The predicted molar refractivity (Wildman–Crippen MR) is 87.1 cm³/mol. The Morgan fingerprint density at radius 2 is 1.96 bits per heavy atom. The van der Waals surface area contributed by atoms with E-state index in [4.69, 9.17) is 21.4 Å². The minimum atomic E-state index is -4.79. The second-order valence-electron chi connectivity index (χ2n) is 6.12. The zero-order chi connectivity index (χ0) is 19.6. The Hall–Kier alpha value is -2.49. The number of nitrogens with one attached hydrogen (secondary N) is 1. The van der Waals surface area contributed by atoms with Gasteiger partial charge in [-0.25, -0.2) is 9.89 Å². The van der Waals surface area contributed by atoms with Crippen LogP contribution in [0.2, 0.25) is 5.02 Å². The van der Waals surface area contributed by atoms with E-state index in [0.29, 0.717) is 36.3 Å². The number of alkyl halides is 3. The minimum Gasteiger partial charge on any atom is -0.476 e. The fraction of sp³-hybridized carbons (Fsp3) is 0.438. The quantitative estimate of drug-likeness (QED) is 0.775. The van der Waals surface area contributed by atoms with Gasteiger partial charge in [0, 0.05) is 5.02 Å². The number of carboxylic acids is 1. The van der Waals surface area contributed by atoms with Crippen molar-refractivity contribution in [2.75, 3.05) is 0 Å². The van der Waals surface area contributed by atoms with Gasteiger partial charge < -0.3 is 14.6 Å². The number of aromatic amines is 1. The van der Waals surface area contributed by atoms with Gasteiger partial charge in [-0.15, -0.1) is 13.2 Å². The minimum absolute atomic E-state index is 0.102. The maximum Gasteiger partial charge on any atom is 0.573 e. The number of carboxylic acid groups (broad SMARTS) is 1. The number of ether oxygens (including phenoxy) is 2. The van der Waals surface area contributed by atoms with Gasteiger partial charge in [-0.3, -0.25) is 0 Å². The molecule has 11 heteroatoms. The van der Waals surface area contributed by atoms with Crippen LogP contribution in [0.15, 0.2) is 18.2 Å². The molecule has 1 saturated carbocycles. The van der Waals surface area contributed by atoms with Crippen LogP contribution in [0.3, 0.4) is 0 Å². The van der Waals surface area contributed by atoms with Crippen LogP contribution in [0.1, 0.15) is 47.7 Å². The van der Waals surface area contributed by atoms with Gasteiger partial charge in [-0.05, 0) is 55.4 Å². The number of hydrogen-bond donors (Lipinski definition) is 2. The van der Waals surface area contributed by atoms with Crippen molar-refractivity contribution < 1.29 is 32.5 Å². The lowest BCUT2D eigenvalue weighted by molar-refractivity contribution is -0.275. The normalized spacial score (nSPS) is 20.3. The van der Waals surface area contributed by atoms with Gasteiger partial charge in [0.15, 0.2) is 0 Å². The standard InChI is InChI=1S/C16H15ClF3N3O4/c17-9-3-6-12(27-16(18,19)20)11(7-9)8-1-4-10(5-2-8)26-14-13(15(24)25)21-23-22-14/h3,6-8,10H,1-2,4-5H2,(H,24,25)(H,21,22,23). The molecule has 1 aromatic heterocycles. The Labute approximate surface area is 156 Å². The number of hydrogen-bond acceptors (Lipinski definition) is 5. The summed E-state index contributed by atoms with van der Waals surface area (Å²) in [4.78, 5) is 11.0. The fourth-order valence-electron chi connectivity index (χ4n) is 3.15. The summed E-state index contributed by atoms with van der Waals surface area (Å²) in [6, 6.07) is 4.04. The van der Waals surface area contributed by atoms with Gasteiger partial charge in [-0.2, -0.15) is 0 Å². The molecule has 0 aliphatic heterocycles. The van der Waals surface area contributed by atoms with E-state index in [1.165, 1.54) is 18.2 Å². The first kappa shape index (κ1) is 19.3. The average Bonchev–Trinajstić information content (AvgIpc) is 3.04. The fourth-order valence-corrected chi connectivity index (χ4v) is 3.33. The molecule has 0 amide bonds. The Bertz CT molecular complexity index is 819. The molecule has 0 atom stereocenters. The largest absolute Gasteiger partial charge is 0.573 e. The molecule has 27 heavy (non-hydrogen) atoms. The monoisotopic (exact) mass is 405 g/mol. The van der Waals surface area contributed by atoms with Crippen molar-refractivity contribution in [3.05, 3.63) is 34.5 Å². The van der Waals surface area contributed by atoms with E-state index in [1.807, 2.05) is 0 Å². The lowest BCUT2D eigenvalue weighted by atomic mass is 9.82. The number of aromatic nitrogens is 3. The lowest BCUT2D eigenvalue weighted by Crippen LogP contribution is -2.25. The molecule has 146 valence electrons. The van der Waals surface area contributed by atoms with Crippen LogP contribution in [0.4, 0.5) is 13.2 Å². The number of halogens is 4. The van der Waals surface area contributed by atoms with Gasteiger partial charge in [0.05, 0.1) is 0 Å². The van der Waals surface area contributed by atoms with Crippen molar-refractivity contribution >= 4 is 17.6 Å². The zero-order valence-corrected chi connectivity index (χ0v) is 14.5. The van der Waals surface area contributed by atoms with Gasteiger partial charge in [0.2, 0.25) is 5.69 Å². The summed E-state index contributed by atoms with van der Waals surface area (Å²) < 4.78 is 47.6. The van der Waals surface area contributed by atoms with Crippen molar-refractivity contribution in [3.8, 4) is 11.6 Å². The van der Waals surface area contributed by atoms with Crippen LogP contribution < -0.4 is 9.47 Å². The molecule has 0 spiro atoms. The molecule has 2 N–H and O–H groups in total. The molecule has 7 nitrogen and oxygen atoms in total. The highest BCUT2D eigenvalue weighted by molar-refractivity contribution is 6.30. The molecule has 1 aliphatic carbocycles. The van der Waals surface area contributed by atoms with E-state index in [2.05, 4.69) is 20.1 Å². The van der Waals surface area contributed by atoms with Crippen molar-refractivity contribution in [1.82, 2.24) is 15.4 Å². The van der Waals surface area contributed by atoms with Crippen molar-refractivity contribution in [2.45, 2.75) is 44.1 Å². The Morgan fingerprint density at radius 3 is 2.59 bits per heavy atom. The van der Waals surface area contributed by atoms with Crippen LogP contribution in [0, 0.1) is 0 Å². The summed E-state index contributed by atoms with van der Waals surface area (Å²) in [6.07, 6.45) is -3.03. The number of rotatable bonds is 5. The van der Waals surface area contributed by atoms with E-state index >= 15 is 0 Å². The molecule has 0 radical (unpaired) electrons. The van der Waals surface area contributed by atoms with Crippen LogP contribution in [-0.4, -0.2) is 39.0 Å². The predicted octanol–water partition coefficient (Wildman–Crippen LogP) is 4.16. The second-order valence-corrected chi connectivity index (χ2v) is 6.55. The number of H-pyrrole nitrogens is 1. The maximum atomic E-state index is 12.6. The van der Waals surface area contributed by atoms with Gasteiger partial charge in [0.25, 0.3) is 5.88 Å². The first-order chi connectivity index (χ1) is 12.7. The third kappa shape index (κ3) is 4.82. The third-order valence-electron chi connectivity index (χ3n) is 4.32. The van der Waals surface area contributed by atoms with Crippen molar-refractivity contribution in [1.29, 1.82) is 0 Å². The maximum absolute atomic E-state index is 12.6. The SMILES string of the molecule is O=C(O)c1[nH]nnc1OC1CCC(c2cc(Cl)ccc2OC(F)(F)F)CC1. The van der Waals surface area contributed by atoms with Crippen molar-refractivity contribution in [3.63, 3.8) is 0 Å². The first-order valence-electron chi connectivity index (χ1n) is 8.09. The van der Waals surface area contributed by atoms with E-state index < -0.39 is 12.3 Å². The highest BCUT2D eigenvalue weighted by Crippen LogP contribution is 2.41. The van der Waals surface area contributed by atoms with Gasteiger partial charge in [0.1, 0.15) is 11.9 Å². The summed E-state index contributed by atoms with van der Waals surface area (Å²) in [6.45, 7) is 0. The van der Waals surface area contributed by atoms with E-state index in [-0.39, 0.29) is 29.3 Å². The van der Waals surface area contributed by atoms with Gasteiger partial charge in [-0.1, -0.05) is 21.9 Å². The topological polar surface area (TPSA) is 97.3 Å². The van der Waals surface area contributed by atoms with Crippen LogP contribution >= 0.6 is 11.6 Å². The molecule has 0 unspecified atom stereocenters. The van der Waals surface area contributed by atoms with Crippen LogP contribution in [0.5, 0.6) is 11.6 Å². The highest BCUT2D eigenvalue weighted by atomic mass is 35.5. The number of carbonyl (C=O) groups is 1.